The minimum absolute atomic E-state index is 1.00. The lowest BCUT2D eigenvalue weighted by atomic mass is 10.2. The molecule has 0 bridgehead atoms. The number of hydrogen-bond donors (Lipinski definition) is 0. The van der Waals surface area contributed by atoms with Crippen molar-refractivity contribution in [2.75, 3.05) is 0 Å². The van der Waals surface area contributed by atoms with Crippen molar-refractivity contribution in [3.05, 3.63) is 12.2 Å². The van der Waals surface area contributed by atoms with Gasteiger partial charge >= 0.3 is 0 Å². The zero-order valence-electron chi connectivity index (χ0n) is 10.1. The van der Waals surface area contributed by atoms with Crippen molar-refractivity contribution < 1.29 is 0 Å². The third kappa shape index (κ3) is 12.9. The Balaban J connectivity index is 3.45. The largest absolute Gasteiger partial charge is 0.0985 e. The average Bonchev–Trinajstić information content (AvgIpc) is 2.26. The molecule has 0 nitrogen and oxygen atoms in total. The molecule has 0 N–H and O–H groups in total. The van der Waals surface area contributed by atoms with Gasteiger partial charge in [0.2, 0.25) is 0 Å². The Morgan fingerprint density at radius 1 is 0.733 bits per heavy atom. The summed E-state index contributed by atoms with van der Waals surface area (Å²) in [6.45, 7) is 4.39. The van der Waals surface area contributed by atoms with E-state index in [9.17, 15) is 0 Å². The van der Waals surface area contributed by atoms with Gasteiger partial charge in [0.15, 0.2) is 0 Å². The molecule has 0 aromatic carbocycles. The maximum Gasteiger partial charge on any atom is 0.00922 e. The summed E-state index contributed by atoms with van der Waals surface area (Å²) in [4.78, 5) is 0. The molecule has 0 atom stereocenters. The zero-order chi connectivity index (χ0) is 11.2. The average molecular weight is 202 g/mol. The third-order valence-corrected chi connectivity index (χ3v) is 2.01. The van der Waals surface area contributed by atoms with E-state index in [0.717, 1.165) is 12.8 Å². The van der Waals surface area contributed by atoms with Crippen LogP contribution in [0.15, 0.2) is 12.2 Å². The fourth-order valence-corrected chi connectivity index (χ4v) is 1.07. The molecule has 82 valence electrons. The lowest BCUT2D eigenvalue weighted by Crippen LogP contribution is -1.70. The zero-order valence-corrected chi connectivity index (χ0v) is 10.1. The minimum Gasteiger partial charge on any atom is -0.0985 e. The molecular weight excluding hydrogens is 180 g/mol. The smallest absolute Gasteiger partial charge is 0.00922 e. The van der Waals surface area contributed by atoms with Gasteiger partial charge in [0, 0.05) is 12.8 Å². The molecule has 15 heavy (non-hydrogen) atoms. The molecule has 0 spiro atoms. The molecule has 0 saturated carbocycles. The predicted octanol–water partition coefficient (Wildman–Crippen LogP) is 4.32. The van der Waals surface area contributed by atoms with Gasteiger partial charge in [0.1, 0.15) is 0 Å². The van der Waals surface area contributed by atoms with Crippen LogP contribution in [0, 0.1) is 23.7 Å². The van der Waals surface area contributed by atoms with E-state index in [-0.39, 0.29) is 0 Å². The molecule has 0 aromatic heterocycles. The van der Waals surface area contributed by atoms with E-state index in [1.807, 2.05) is 12.2 Å². The van der Waals surface area contributed by atoms with E-state index in [0.29, 0.717) is 0 Å². The van der Waals surface area contributed by atoms with Crippen LogP contribution in [0.1, 0.15) is 58.8 Å². The van der Waals surface area contributed by atoms with Crippen LogP contribution in [0.25, 0.3) is 0 Å². The van der Waals surface area contributed by atoms with Gasteiger partial charge in [-0.25, -0.2) is 0 Å². The molecule has 0 rings (SSSR count). The Morgan fingerprint density at radius 2 is 1.27 bits per heavy atom. The fraction of sp³-hybridized carbons (Fsp3) is 0.600. The summed E-state index contributed by atoms with van der Waals surface area (Å²) in [5, 5.41) is 0. The van der Waals surface area contributed by atoms with Gasteiger partial charge in [-0.15, -0.1) is 0 Å². The van der Waals surface area contributed by atoms with Crippen LogP contribution < -0.4 is 0 Å². The van der Waals surface area contributed by atoms with Gasteiger partial charge in [0.05, 0.1) is 0 Å². The Kier molecular flexibility index (Phi) is 11.9. The summed E-state index contributed by atoms with van der Waals surface area (Å²) in [7, 11) is 0. The molecule has 0 aliphatic carbocycles. The quantitative estimate of drug-likeness (QED) is 0.460. The molecule has 0 saturated heterocycles. The summed E-state index contributed by atoms with van der Waals surface area (Å²) in [5.41, 5.74) is 0. The van der Waals surface area contributed by atoms with Crippen molar-refractivity contribution >= 4 is 0 Å². The Bertz CT molecular complexity index is 262. The van der Waals surface area contributed by atoms with Crippen molar-refractivity contribution in [3.63, 3.8) is 0 Å². The normalized spacial score (nSPS) is 9.20. The van der Waals surface area contributed by atoms with Gasteiger partial charge in [-0.1, -0.05) is 56.8 Å². The number of unbranched alkanes of at least 4 members (excludes halogenated alkanes) is 5. The molecular formula is C15H22. The minimum atomic E-state index is 1.00. The van der Waals surface area contributed by atoms with Crippen LogP contribution in [-0.4, -0.2) is 0 Å². The van der Waals surface area contributed by atoms with Crippen LogP contribution in [0.3, 0.4) is 0 Å². The fourth-order valence-electron chi connectivity index (χ4n) is 1.07. The predicted molar refractivity (Wildman–Crippen MR) is 68.4 cm³/mol. The summed E-state index contributed by atoms with van der Waals surface area (Å²) >= 11 is 0. The SMILES string of the molecule is CCCCC#C/C=C\C#CCCCCC. The van der Waals surface area contributed by atoms with Gasteiger partial charge in [-0.2, -0.15) is 0 Å². The highest BCUT2D eigenvalue weighted by Gasteiger charge is 1.79. The van der Waals surface area contributed by atoms with Gasteiger partial charge < -0.3 is 0 Å². The second-order valence-electron chi connectivity index (χ2n) is 3.54. The van der Waals surface area contributed by atoms with Crippen molar-refractivity contribution in [1.29, 1.82) is 0 Å². The summed E-state index contributed by atoms with van der Waals surface area (Å²) in [6, 6.07) is 0. The van der Waals surface area contributed by atoms with Gasteiger partial charge in [-0.05, 0) is 25.0 Å². The molecule has 0 amide bonds. The van der Waals surface area contributed by atoms with Crippen molar-refractivity contribution in [2.45, 2.75) is 58.8 Å². The molecule has 0 aliphatic heterocycles. The maximum absolute atomic E-state index is 3.12. The lowest BCUT2D eigenvalue weighted by Gasteiger charge is -1.87. The highest BCUT2D eigenvalue weighted by Crippen LogP contribution is 1.96. The monoisotopic (exact) mass is 202 g/mol. The van der Waals surface area contributed by atoms with Gasteiger partial charge in [-0.3, -0.25) is 0 Å². The number of allylic oxidation sites excluding steroid dienone is 2. The summed E-state index contributed by atoms with van der Waals surface area (Å²) in [6.07, 6.45) is 11.9. The highest BCUT2D eigenvalue weighted by atomic mass is 13.8. The molecule has 0 radical (unpaired) electrons. The molecule has 0 fully saturated rings. The first-order valence-corrected chi connectivity index (χ1v) is 6.03. The number of rotatable bonds is 5. The molecule has 0 aliphatic rings. The molecule has 0 aromatic rings. The molecule has 0 heterocycles. The Labute approximate surface area is 95.2 Å². The van der Waals surface area contributed by atoms with Crippen LogP contribution in [0.4, 0.5) is 0 Å². The Hall–Kier alpha value is -1.14. The first-order valence-electron chi connectivity index (χ1n) is 6.03. The lowest BCUT2D eigenvalue weighted by molar-refractivity contribution is 0.737. The van der Waals surface area contributed by atoms with Gasteiger partial charge in [0.25, 0.3) is 0 Å². The van der Waals surface area contributed by atoms with E-state index < -0.39 is 0 Å². The van der Waals surface area contributed by atoms with E-state index in [2.05, 4.69) is 37.5 Å². The topological polar surface area (TPSA) is 0 Å². The van der Waals surface area contributed by atoms with Crippen LogP contribution in [0.2, 0.25) is 0 Å². The third-order valence-electron chi connectivity index (χ3n) is 2.01. The second-order valence-corrected chi connectivity index (χ2v) is 3.54. The summed E-state index contributed by atoms with van der Waals surface area (Å²) < 4.78 is 0. The van der Waals surface area contributed by atoms with Crippen LogP contribution in [0.5, 0.6) is 0 Å². The van der Waals surface area contributed by atoms with E-state index in [4.69, 9.17) is 0 Å². The summed E-state index contributed by atoms with van der Waals surface area (Å²) in [5.74, 6) is 12.2. The second kappa shape index (κ2) is 12.9. The molecule has 0 unspecified atom stereocenters. The number of hydrogen-bond acceptors (Lipinski definition) is 0. The highest BCUT2D eigenvalue weighted by molar-refractivity contribution is 5.24. The maximum atomic E-state index is 3.12. The van der Waals surface area contributed by atoms with E-state index >= 15 is 0 Å². The van der Waals surface area contributed by atoms with Crippen molar-refractivity contribution in [3.8, 4) is 23.7 Å². The first kappa shape index (κ1) is 13.9. The molecule has 0 heteroatoms. The van der Waals surface area contributed by atoms with E-state index in [1.165, 1.54) is 32.1 Å². The van der Waals surface area contributed by atoms with Crippen LogP contribution >= 0.6 is 0 Å². The Morgan fingerprint density at radius 3 is 1.80 bits per heavy atom. The van der Waals surface area contributed by atoms with E-state index in [1.54, 1.807) is 0 Å². The van der Waals surface area contributed by atoms with Crippen molar-refractivity contribution in [2.24, 2.45) is 0 Å². The standard InChI is InChI=1S/C15H22/c1-3-5-7-9-11-13-15-14-12-10-8-6-4-2/h14-15H,3-9H2,1-2H3/b15-14-. The van der Waals surface area contributed by atoms with Crippen LogP contribution in [-0.2, 0) is 0 Å². The first-order chi connectivity index (χ1) is 7.41. The van der Waals surface area contributed by atoms with Crippen molar-refractivity contribution in [1.82, 2.24) is 0 Å².